The van der Waals surface area contributed by atoms with Gasteiger partial charge in [0.15, 0.2) is 0 Å². The van der Waals surface area contributed by atoms with Crippen LogP contribution in [0.3, 0.4) is 0 Å². The first kappa shape index (κ1) is 14.6. The van der Waals surface area contributed by atoms with Crippen molar-refractivity contribution in [1.29, 1.82) is 0 Å². The molecule has 108 valence electrons. The molecule has 2 rings (SSSR count). The van der Waals surface area contributed by atoms with Gasteiger partial charge in [-0.15, -0.1) is 0 Å². The second-order valence-electron chi connectivity index (χ2n) is 6.45. The minimum atomic E-state index is 0.641. The molecule has 0 bridgehead atoms. The largest absolute Gasteiger partial charge is 0.338 e. The van der Waals surface area contributed by atoms with Crippen molar-refractivity contribution in [1.82, 2.24) is 14.9 Å². The second kappa shape index (κ2) is 7.09. The fourth-order valence-electron chi connectivity index (χ4n) is 3.26. The smallest absolute Gasteiger partial charge is 0.111 e. The maximum Gasteiger partial charge on any atom is 0.111 e. The van der Waals surface area contributed by atoms with Crippen molar-refractivity contribution >= 4 is 0 Å². The van der Waals surface area contributed by atoms with E-state index in [0.717, 1.165) is 24.9 Å². The summed E-state index contributed by atoms with van der Waals surface area (Å²) in [4.78, 5) is 4.61. The Bertz CT molecular complexity index is 370. The monoisotopic (exact) mass is 263 g/mol. The summed E-state index contributed by atoms with van der Waals surface area (Å²) in [6, 6.07) is 0. The van der Waals surface area contributed by atoms with Crippen LogP contribution in [0.2, 0.25) is 0 Å². The Morgan fingerprint density at radius 3 is 2.79 bits per heavy atom. The molecule has 0 aliphatic heterocycles. The average molecular weight is 263 g/mol. The van der Waals surface area contributed by atoms with Crippen LogP contribution in [0.4, 0.5) is 0 Å². The van der Waals surface area contributed by atoms with Gasteiger partial charge in [0.25, 0.3) is 0 Å². The molecule has 19 heavy (non-hydrogen) atoms. The zero-order valence-electron chi connectivity index (χ0n) is 12.7. The zero-order chi connectivity index (χ0) is 13.7. The predicted octanol–water partition coefficient (Wildman–Crippen LogP) is 3.33. The van der Waals surface area contributed by atoms with Crippen LogP contribution in [0.5, 0.6) is 0 Å². The number of hydrogen-bond acceptors (Lipinski definition) is 2. The van der Waals surface area contributed by atoms with Crippen LogP contribution in [-0.2, 0) is 7.05 Å². The SMILES string of the molecule is CC(C)CNCC1CCCCCC1c1nccn1C. The molecule has 3 heteroatoms. The highest BCUT2D eigenvalue weighted by Crippen LogP contribution is 2.35. The lowest BCUT2D eigenvalue weighted by Crippen LogP contribution is -2.30. The van der Waals surface area contributed by atoms with Crippen molar-refractivity contribution in [3.05, 3.63) is 18.2 Å². The topological polar surface area (TPSA) is 29.9 Å². The Balaban J connectivity index is 2.01. The van der Waals surface area contributed by atoms with Gasteiger partial charge in [0.05, 0.1) is 0 Å². The molecule has 1 aliphatic carbocycles. The molecule has 0 saturated heterocycles. The van der Waals surface area contributed by atoms with Gasteiger partial charge < -0.3 is 9.88 Å². The summed E-state index contributed by atoms with van der Waals surface area (Å²) in [5.74, 6) is 3.42. The maximum absolute atomic E-state index is 4.61. The molecule has 2 atom stereocenters. The highest BCUT2D eigenvalue weighted by molar-refractivity contribution is 5.03. The highest BCUT2D eigenvalue weighted by atomic mass is 15.0. The number of nitrogens with zero attached hydrogens (tertiary/aromatic N) is 2. The molecule has 1 saturated carbocycles. The molecule has 1 aromatic heterocycles. The van der Waals surface area contributed by atoms with Crippen molar-refractivity contribution in [2.24, 2.45) is 18.9 Å². The van der Waals surface area contributed by atoms with Crippen LogP contribution in [0.25, 0.3) is 0 Å². The summed E-state index contributed by atoms with van der Waals surface area (Å²) in [6.45, 7) is 6.83. The van der Waals surface area contributed by atoms with E-state index in [2.05, 4.69) is 42.0 Å². The number of imidazole rings is 1. The number of rotatable bonds is 5. The van der Waals surface area contributed by atoms with Gasteiger partial charge in [-0.2, -0.15) is 0 Å². The third kappa shape index (κ3) is 4.07. The van der Waals surface area contributed by atoms with E-state index in [-0.39, 0.29) is 0 Å². The highest BCUT2D eigenvalue weighted by Gasteiger charge is 2.27. The van der Waals surface area contributed by atoms with Crippen LogP contribution in [0.15, 0.2) is 12.4 Å². The Hall–Kier alpha value is -0.830. The summed E-state index contributed by atoms with van der Waals surface area (Å²) < 4.78 is 2.21. The third-order valence-electron chi connectivity index (χ3n) is 4.31. The first-order chi connectivity index (χ1) is 9.18. The molecule has 1 N–H and O–H groups in total. The average Bonchev–Trinajstić information content (AvgIpc) is 2.65. The minimum Gasteiger partial charge on any atom is -0.338 e. The third-order valence-corrected chi connectivity index (χ3v) is 4.31. The molecule has 2 unspecified atom stereocenters. The Labute approximate surface area is 117 Å². The summed E-state index contributed by atoms with van der Waals surface area (Å²) in [7, 11) is 2.13. The van der Waals surface area contributed by atoms with E-state index >= 15 is 0 Å². The van der Waals surface area contributed by atoms with E-state index < -0.39 is 0 Å². The van der Waals surface area contributed by atoms with Gasteiger partial charge in [-0.05, 0) is 37.8 Å². The van der Waals surface area contributed by atoms with Crippen molar-refractivity contribution in [3.63, 3.8) is 0 Å². The lowest BCUT2D eigenvalue weighted by Gasteiger charge is -2.25. The molecular weight excluding hydrogens is 234 g/mol. The minimum absolute atomic E-state index is 0.641. The zero-order valence-corrected chi connectivity index (χ0v) is 12.7. The fourth-order valence-corrected chi connectivity index (χ4v) is 3.26. The van der Waals surface area contributed by atoms with E-state index in [4.69, 9.17) is 0 Å². The van der Waals surface area contributed by atoms with Gasteiger partial charge in [-0.3, -0.25) is 0 Å². The van der Waals surface area contributed by atoms with Crippen molar-refractivity contribution < 1.29 is 0 Å². The summed E-state index contributed by atoms with van der Waals surface area (Å²) in [6.07, 6.45) is 10.8. The van der Waals surface area contributed by atoms with Gasteiger partial charge >= 0.3 is 0 Å². The quantitative estimate of drug-likeness (QED) is 0.826. The van der Waals surface area contributed by atoms with E-state index in [1.54, 1.807) is 0 Å². The van der Waals surface area contributed by atoms with E-state index in [0.29, 0.717) is 5.92 Å². The van der Waals surface area contributed by atoms with E-state index in [1.165, 1.54) is 37.9 Å². The van der Waals surface area contributed by atoms with Crippen LogP contribution in [0.1, 0.15) is 57.7 Å². The van der Waals surface area contributed by atoms with Gasteiger partial charge in [0.1, 0.15) is 5.82 Å². The first-order valence-corrected chi connectivity index (χ1v) is 7.86. The lowest BCUT2D eigenvalue weighted by molar-refractivity contribution is 0.351. The normalized spacial score (nSPS) is 24.6. The summed E-state index contributed by atoms with van der Waals surface area (Å²) in [5, 5.41) is 3.66. The Morgan fingerprint density at radius 2 is 2.11 bits per heavy atom. The Morgan fingerprint density at radius 1 is 1.32 bits per heavy atom. The molecule has 1 heterocycles. The molecular formula is C16H29N3. The van der Waals surface area contributed by atoms with Crippen LogP contribution >= 0.6 is 0 Å². The molecule has 1 fully saturated rings. The molecule has 0 aromatic carbocycles. The maximum atomic E-state index is 4.61. The number of hydrogen-bond donors (Lipinski definition) is 1. The van der Waals surface area contributed by atoms with Crippen LogP contribution in [0, 0.1) is 11.8 Å². The molecule has 0 radical (unpaired) electrons. The molecule has 3 nitrogen and oxygen atoms in total. The molecule has 1 aromatic rings. The number of aryl methyl sites for hydroxylation is 1. The van der Waals surface area contributed by atoms with Crippen molar-refractivity contribution in [2.45, 2.75) is 51.9 Å². The molecule has 1 aliphatic rings. The van der Waals surface area contributed by atoms with Gasteiger partial charge in [-0.25, -0.2) is 4.98 Å². The summed E-state index contributed by atoms with van der Waals surface area (Å²) in [5.41, 5.74) is 0. The first-order valence-electron chi connectivity index (χ1n) is 7.86. The van der Waals surface area contributed by atoms with E-state index in [9.17, 15) is 0 Å². The van der Waals surface area contributed by atoms with Gasteiger partial charge in [-0.1, -0.05) is 33.1 Å². The number of nitrogens with one attached hydrogen (secondary N) is 1. The summed E-state index contributed by atoms with van der Waals surface area (Å²) >= 11 is 0. The van der Waals surface area contributed by atoms with Crippen molar-refractivity contribution in [3.8, 4) is 0 Å². The van der Waals surface area contributed by atoms with Gasteiger partial charge in [0.2, 0.25) is 0 Å². The van der Waals surface area contributed by atoms with Crippen LogP contribution in [-0.4, -0.2) is 22.6 Å². The standard InChI is InChI=1S/C16H29N3/c1-13(2)11-17-12-14-7-5-4-6-8-15(14)16-18-9-10-19(16)3/h9-10,13-15,17H,4-8,11-12H2,1-3H3. The second-order valence-corrected chi connectivity index (χ2v) is 6.45. The van der Waals surface area contributed by atoms with Crippen LogP contribution < -0.4 is 5.32 Å². The predicted molar refractivity (Wildman–Crippen MR) is 80.2 cm³/mol. The lowest BCUT2D eigenvalue weighted by atomic mass is 9.87. The Kier molecular flexibility index (Phi) is 5.44. The molecule has 0 amide bonds. The molecule has 0 spiro atoms. The number of aromatic nitrogens is 2. The fraction of sp³-hybridized carbons (Fsp3) is 0.812. The van der Waals surface area contributed by atoms with Crippen molar-refractivity contribution in [2.75, 3.05) is 13.1 Å². The van der Waals surface area contributed by atoms with Gasteiger partial charge in [0, 0.05) is 25.4 Å². The van der Waals surface area contributed by atoms with E-state index in [1.807, 2.05) is 6.20 Å².